The standard InChI is InChI=1S/C30H34N6/c1-7-29(4)28-34(6)14-16-36(28)27-12-10-23(20-32)18-25(27)30(29,8-2)24-17-22(19-31)9-11-26(24)35-15-13-33(5)21(35)3/h9-18,21,28H,7-8H2,1-6H3. The van der Waals surface area contributed by atoms with Gasteiger partial charge < -0.3 is 19.6 Å². The molecular formula is C30H34N6. The van der Waals surface area contributed by atoms with Crippen LogP contribution < -0.4 is 9.80 Å². The zero-order valence-corrected chi connectivity index (χ0v) is 22.0. The van der Waals surface area contributed by atoms with Crippen LogP contribution in [0.4, 0.5) is 11.4 Å². The molecule has 6 heteroatoms. The number of fused-ring (bicyclic) bond motifs is 3. The van der Waals surface area contributed by atoms with Gasteiger partial charge in [-0.25, -0.2) is 0 Å². The summed E-state index contributed by atoms with van der Waals surface area (Å²) in [6.45, 7) is 9.11. The maximum Gasteiger partial charge on any atom is 0.112 e. The van der Waals surface area contributed by atoms with Crippen molar-refractivity contribution in [2.24, 2.45) is 5.41 Å². The molecule has 184 valence electrons. The van der Waals surface area contributed by atoms with Gasteiger partial charge in [0.15, 0.2) is 0 Å². The Kier molecular flexibility index (Phi) is 5.52. The third-order valence-electron chi connectivity index (χ3n) is 9.10. The van der Waals surface area contributed by atoms with Gasteiger partial charge in [-0.2, -0.15) is 10.5 Å². The molecule has 3 aliphatic rings. The fraction of sp³-hybridized carbons (Fsp3) is 0.400. The summed E-state index contributed by atoms with van der Waals surface area (Å²) in [7, 11) is 4.24. The Morgan fingerprint density at radius 3 is 1.78 bits per heavy atom. The fourth-order valence-corrected chi connectivity index (χ4v) is 7.00. The third-order valence-corrected chi connectivity index (χ3v) is 9.10. The van der Waals surface area contributed by atoms with Crippen molar-refractivity contribution in [3.8, 4) is 12.1 Å². The van der Waals surface area contributed by atoms with Crippen molar-refractivity contribution < 1.29 is 0 Å². The van der Waals surface area contributed by atoms with Crippen LogP contribution in [0.1, 0.15) is 62.8 Å². The summed E-state index contributed by atoms with van der Waals surface area (Å²) in [5.74, 6) is 0. The lowest BCUT2D eigenvalue weighted by Gasteiger charge is -2.60. The van der Waals surface area contributed by atoms with E-state index < -0.39 is 5.41 Å². The lowest BCUT2D eigenvalue weighted by Crippen LogP contribution is -2.63. The Balaban J connectivity index is 1.91. The molecule has 0 N–H and O–H groups in total. The Bertz CT molecular complexity index is 1350. The van der Waals surface area contributed by atoms with Crippen molar-refractivity contribution in [2.45, 2.75) is 58.3 Å². The van der Waals surface area contributed by atoms with E-state index in [1.807, 2.05) is 12.1 Å². The molecule has 0 saturated carbocycles. The number of rotatable bonds is 4. The Hall–Kier alpha value is -3.90. The summed E-state index contributed by atoms with van der Waals surface area (Å²) >= 11 is 0. The van der Waals surface area contributed by atoms with Crippen LogP contribution in [0.3, 0.4) is 0 Å². The first-order chi connectivity index (χ1) is 17.3. The topological polar surface area (TPSA) is 60.5 Å². The molecule has 3 heterocycles. The second kappa shape index (κ2) is 8.35. The van der Waals surface area contributed by atoms with Gasteiger partial charge in [0, 0.05) is 61.1 Å². The number of nitrogens with zero attached hydrogens (tertiary/aromatic N) is 6. The molecule has 0 amide bonds. The number of anilines is 2. The molecule has 4 atom stereocenters. The summed E-state index contributed by atoms with van der Waals surface area (Å²) in [6, 6.07) is 17.0. The molecule has 5 rings (SSSR count). The van der Waals surface area contributed by atoms with E-state index in [1.165, 1.54) is 0 Å². The lowest BCUT2D eigenvalue weighted by molar-refractivity contribution is 0.0523. The van der Waals surface area contributed by atoms with Crippen LogP contribution in [0.15, 0.2) is 61.2 Å². The number of nitriles is 2. The first-order valence-corrected chi connectivity index (χ1v) is 12.7. The van der Waals surface area contributed by atoms with E-state index in [0.29, 0.717) is 11.1 Å². The van der Waals surface area contributed by atoms with Crippen molar-refractivity contribution in [1.82, 2.24) is 9.80 Å². The minimum atomic E-state index is -0.442. The van der Waals surface area contributed by atoms with Gasteiger partial charge in [-0.1, -0.05) is 20.8 Å². The van der Waals surface area contributed by atoms with Gasteiger partial charge in [0.1, 0.15) is 12.3 Å². The minimum absolute atomic E-state index is 0.107. The molecule has 0 bridgehead atoms. The zero-order valence-electron chi connectivity index (χ0n) is 22.0. The predicted molar refractivity (Wildman–Crippen MR) is 144 cm³/mol. The van der Waals surface area contributed by atoms with Gasteiger partial charge in [-0.05, 0) is 67.3 Å². The fourth-order valence-electron chi connectivity index (χ4n) is 7.00. The van der Waals surface area contributed by atoms with Crippen LogP contribution in [-0.2, 0) is 5.41 Å². The van der Waals surface area contributed by atoms with Gasteiger partial charge >= 0.3 is 0 Å². The highest BCUT2D eigenvalue weighted by atomic mass is 15.4. The van der Waals surface area contributed by atoms with E-state index in [0.717, 1.165) is 35.3 Å². The van der Waals surface area contributed by atoms with Gasteiger partial charge in [0.05, 0.1) is 23.3 Å². The monoisotopic (exact) mass is 478 g/mol. The summed E-state index contributed by atoms with van der Waals surface area (Å²) in [5, 5.41) is 19.9. The summed E-state index contributed by atoms with van der Waals surface area (Å²) in [4.78, 5) is 9.18. The molecule has 0 saturated heterocycles. The molecule has 2 aromatic rings. The van der Waals surface area contributed by atoms with Gasteiger partial charge in [-0.3, -0.25) is 0 Å². The second-order valence-electron chi connectivity index (χ2n) is 10.5. The Morgan fingerprint density at radius 2 is 1.31 bits per heavy atom. The highest BCUT2D eigenvalue weighted by Crippen LogP contribution is 2.63. The first kappa shape index (κ1) is 23.8. The molecular weight excluding hydrogens is 444 g/mol. The molecule has 6 nitrogen and oxygen atoms in total. The highest BCUT2D eigenvalue weighted by Gasteiger charge is 2.61. The Morgan fingerprint density at radius 1 is 0.778 bits per heavy atom. The second-order valence-corrected chi connectivity index (χ2v) is 10.5. The van der Waals surface area contributed by atoms with Crippen LogP contribution >= 0.6 is 0 Å². The van der Waals surface area contributed by atoms with Crippen molar-refractivity contribution in [3.63, 3.8) is 0 Å². The molecule has 0 aromatic heterocycles. The molecule has 4 unspecified atom stereocenters. The number of hydrogen-bond acceptors (Lipinski definition) is 6. The van der Waals surface area contributed by atoms with E-state index in [1.54, 1.807) is 0 Å². The molecule has 0 spiro atoms. The van der Waals surface area contributed by atoms with Crippen LogP contribution in [0.2, 0.25) is 0 Å². The number of hydrogen-bond donors (Lipinski definition) is 0. The lowest BCUT2D eigenvalue weighted by atomic mass is 9.51. The average Bonchev–Trinajstić information content (AvgIpc) is 3.46. The van der Waals surface area contributed by atoms with Crippen molar-refractivity contribution in [3.05, 3.63) is 83.5 Å². The van der Waals surface area contributed by atoms with E-state index in [9.17, 15) is 10.5 Å². The van der Waals surface area contributed by atoms with Crippen molar-refractivity contribution >= 4 is 11.4 Å². The molecule has 0 aliphatic carbocycles. The van der Waals surface area contributed by atoms with Gasteiger partial charge in [0.25, 0.3) is 0 Å². The third kappa shape index (κ3) is 2.94. The molecule has 36 heavy (non-hydrogen) atoms. The van der Waals surface area contributed by atoms with Gasteiger partial charge in [0.2, 0.25) is 0 Å². The van der Waals surface area contributed by atoms with Crippen molar-refractivity contribution in [2.75, 3.05) is 23.9 Å². The van der Waals surface area contributed by atoms with E-state index >= 15 is 0 Å². The summed E-state index contributed by atoms with van der Waals surface area (Å²) in [5.41, 5.74) is 5.18. The highest BCUT2D eigenvalue weighted by molar-refractivity contribution is 5.74. The Labute approximate surface area is 214 Å². The maximum absolute atomic E-state index is 9.97. The smallest absolute Gasteiger partial charge is 0.112 e. The van der Waals surface area contributed by atoms with Crippen molar-refractivity contribution in [1.29, 1.82) is 10.5 Å². The maximum atomic E-state index is 9.97. The minimum Gasteiger partial charge on any atom is -0.359 e. The quantitative estimate of drug-likeness (QED) is 0.564. The number of benzene rings is 2. The largest absolute Gasteiger partial charge is 0.359 e. The van der Waals surface area contributed by atoms with E-state index in [-0.39, 0.29) is 17.7 Å². The first-order valence-electron chi connectivity index (χ1n) is 12.7. The van der Waals surface area contributed by atoms with Crippen LogP contribution in [-0.4, -0.2) is 36.2 Å². The van der Waals surface area contributed by atoms with Crippen LogP contribution in [0.5, 0.6) is 0 Å². The van der Waals surface area contributed by atoms with E-state index in [4.69, 9.17) is 0 Å². The summed E-state index contributed by atoms with van der Waals surface area (Å²) < 4.78 is 0. The zero-order chi connectivity index (χ0) is 25.8. The predicted octanol–water partition coefficient (Wildman–Crippen LogP) is 5.67. The molecule has 0 radical (unpaired) electrons. The average molecular weight is 479 g/mol. The molecule has 3 aliphatic heterocycles. The van der Waals surface area contributed by atoms with E-state index in [2.05, 4.69) is 123 Å². The molecule has 0 fully saturated rings. The van der Waals surface area contributed by atoms with Gasteiger partial charge in [-0.15, -0.1) is 0 Å². The van der Waals surface area contributed by atoms with Crippen LogP contribution in [0, 0.1) is 28.1 Å². The molecule has 2 aromatic carbocycles. The van der Waals surface area contributed by atoms with Crippen LogP contribution in [0.25, 0.3) is 0 Å². The normalized spacial score (nSPS) is 28.2. The summed E-state index contributed by atoms with van der Waals surface area (Å²) in [6.07, 6.45) is 10.6. The SMILES string of the molecule is CCC1(c2cc(C#N)ccc2N2C=CN(C)C2C)c2cc(C#N)ccc2N2C=CN(C)C2C1(C)CC.